The van der Waals surface area contributed by atoms with Gasteiger partial charge in [0.25, 0.3) is 5.91 Å². The first-order valence-electron chi connectivity index (χ1n) is 8.16. The van der Waals surface area contributed by atoms with Gasteiger partial charge in [-0.05, 0) is 42.9 Å². The van der Waals surface area contributed by atoms with Crippen LogP contribution in [0.25, 0.3) is 0 Å². The molecule has 0 atom stereocenters. The Labute approximate surface area is 147 Å². The normalized spacial score (nSPS) is 15.3. The molecule has 0 spiro atoms. The van der Waals surface area contributed by atoms with E-state index in [1.807, 2.05) is 12.1 Å². The summed E-state index contributed by atoms with van der Waals surface area (Å²) in [6.07, 6.45) is 1.69. The van der Waals surface area contributed by atoms with E-state index in [1.54, 1.807) is 30.5 Å². The summed E-state index contributed by atoms with van der Waals surface area (Å²) in [6, 6.07) is 10.8. The predicted molar refractivity (Wildman–Crippen MR) is 98.0 cm³/mol. The Morgan fingerprint density at radius 2 is 1.88 bits per heavy atom. The maximum atomic E-state index is 12.4. The van der Waals surface area contributed by atoms with Gasteiger partial charge in [0.15, 0.2) is 0 Å². The van der Waals surface area contributed by atoms with Crippen molar-refractivity contribution in [1.82, 2.24) is 9.88 Å². The highest BCUT2D eigenvalue weighted by Crippen LogP contribution is 2.18. The van der Waals surface area contributed by atoms with Crippen molar-refractivity contribution in [2.24, 2.45) is 0 Å². The van der Waals surface area contributed by atoms with Crippen LogP contribution in [-0.2, 0) is 0 Å². The number of benzene rings is 1. The lowest BCUT2D eigenvalue weighted by atomic mass is 10.2. The molecule has 24 heavy (non-hydrogen) atoms. The number of nitrogens with zero attached hydrogens (tertiary/aromatic N) is 3. The van der Waals surface area contributed by atoms with Crippen molar-refractivity contribution in [3.63, 3.8) is 0 Å². The van der Waals surface area contributed by atoms with E-state index in [0.717, 1.165) is 38.4 Å². The van der Waals surface area contributed by atoms with Gasteiger partial charge in [-0.2, -0.15) is 0 Å². The number of piperazine rings is 1. The van der Waals surface area contributed by atoms with Crippen LogP contribution in [0.1, 0.15) is 17.4 Å². The highest BCUT2D eigenvalue weighted by atomic mass is 35.5. The molecule has 2 aromatic rings. The van der Waals surface area contributed by atoms with Gasteiger partial charge in [0.1, 0.15) is 5.69 Å². The number of rotatable bonds is 4. The monoisotopic (exact) mass is 344 g/mol. The van der Waals surface area contributed by atoms with Crippen molar-refractivity contribution in [3.8, 4) is 0 Å². The van der Waals surface area contributed by atoms with Crippen LogP contribution in [0.2, 0.25) is 5.02 Å². The second-order valence-corrected chi connectivity index (χ2v) is 6.22. The molecule has 1 aliphatic heterocycles. The third-order valence-corrected chi connectivity index (χ3v) is 4.51. The lowest BCUT2D eigenvalue weighted by Gasteiger charge is -2.35. The van der Waals surface area contributed by atoms with E-state index in [2.05, 4.69) is 27.0 Å². The van der Waals surface area contributed by atoms with Gasteiger partial charge in [-0.3, -0.25) is 9.78 Å². The number of nitrogens with one attached hydrogen (secondary N) is 1. The Morgan fingerprint density at radius 1 is 1.17 bits per heavy atom. The van der Waals surface area contributed by atoms with Gasteiger partial charge in [0.05, 0.1) is 0 Å². The number of carbonyl (C=O) groups excluding carboxylic acids is 1. The average Bonchev–Trinajstić information content (AvgIpc) is 2.64. The second-order valence-electron chi connectivity index (χ2n) is 5.78. The summed E-state index contributed by atoms with van der Waals surface area (Å²) in [5.74, 6) is -0.216. The number of hydrogen-bond donors (Lipinski definition) is 1. The second kappa shape index (κ2) is 7.64. The minimum Gasteiger partial charge on any atom is -0.369 e. The molecule has 1 saturated heterocycles. The minimum absolute atomic E-state index is 0.216. The average molecular weight is 345 g/mol. The Morgan fingerprint density at radius 3 is 2.54 bits per heavy atom. The molecule has 5 nitrogen and oxygen atoms in total. The van der Waals surface area contributed by atoms with E-state index in [9.17, 15) is 4.79 Å². The number of likely N-dealkylation sites (N-methyl/N-ethyl adjacent to an activating group) is 1. The van der Waals surface area contributed by atoms with Gasteiger partial charge < -0.3 is 15.1 Å². The molecule has 126 valence electrons. The van der Waals surface area contributed by atoms with Crippen molar-refractivity contribution in [2.45, 2.75) is 6.92 Å². The smallest absolute Gasteiger partial charge is 0.274 e. The van der Waals surface area contributed by atoms with E-state index >= 15 is 0 Å². The molecule has 6 heteroatoms. The molecule has 1 N–H and O–H groups in total. The molecular formula is C18H21ClN4O. The number of anilines is 2. The first-order valence-corrected chi connectivity index (χ1v) is 8.54. The molecule has 1 amide bonds. The van der Waals surface area contributed by atoms with Gasteiger partial charge in [0.2, 0.25) is 0 Å². The van der Waals surface area contributed by atoms with Crippen molar-refractivity contribution < 1.29 is 4.79 Å². The van der Waals surface area contributed by atoms with Crippen LogP contribution in [0, 0.1) is 0 Å². The Balaban J connectivity index is 1.68. The van der Waals surface area contributed by atoms with Gasteiger partial charge in [0, 0.05) is 48.8 Å². The Hall–Kier alpha value is -2.11. The van der Waals surface area contributed by atoms with Gasteiger partial charge >= 0.3 is 0 Å². The van der Waals surface area contributed by atoms with Gasteiger partial charge in [-0.15, -0.1) is 0 Å². The van der Waals surface area contributed by atoms with Crippen LogP contribution >= 0.6 is 11.6 Å². The molecule has 2 heterocycles. The number of aromatic nitrogens is 1. The van der Waals surface area contributed by atoms with Gasteiger partial charge in [-0.1, -0.05) is 18.5 Å². The summed E-state index contributed by atoms with van der Waals surface area (Å²) >= 11 is 5.86. The first kappa shape index (κ1) is 16.7. The molecule has 1 fully saturated rings. The molecule has 0 saturated carbocycles. The minimum atomic E-state index is -0.216. The van der Waals surface area contributed by atoms with Crippen LogP contribution < -0.4 is 10.2 Å². The summed E-state index contributed by atoms with van der Waals surface area (Å²) < 4.78 is 0. The standard InChI is InChI=1S/C18H21ClN4O/c1-2-22-9-11-23(12-10-22)16-7-8-20-17(13-16)18(24)21-15-5-3-14(19)4-6-15/h3-8,13H,2,9-12H2,1H3,(H,21,24). The molecule has 0 unspecified atom stereocenters. The predicted octanol–water partition coefficient (Wildman–Crippen LogP) is 3.13. The third kappa shape index (κ3) is 4.04. The number of carbonyl (C=O) groups is 1. The maximum Gasteiger partial charge on any atom is 0.274 e. The van der Waals surface area contributed by atoms with Crippen LogP contribution in [0.3, 0.4) is 0 Å². The largest absolute Gasteiger partial charge is 0.369 e. The lowest BCUT2D eigenvalue weighted by Crippen LogP contribution is -2.46. The van der Waals surface area contributed by atoms with E-state index in [0.29, 0.717) is 16.4 Å². The van der Waals surface area contributed by atoms with Crippen LogP contribution in [-0.4, -0.2) is 48.5 Å². The summed E-state index contributed by atoms with van der Waals surface area (Å²) in [4.78, 5) is 21.3. The highest BCUT2D eigenvalue weighted by Gasteiger charge is 2.17. The molecular weight excluding hydrogens is 324 g/mol. The lowest BCUT2D eigenvalue weighted by molar-refractivity contribution is 0.102. The van der Waals surface area contributed by atoms with E-state index < -0.39 is 0 Å². The summed E-state index contributed by atoms with van der Waals surface area (Å²) in [7, 11) is 0. The number of pyridine rings is 1. The number of halogens is 1. The zero-order chi connectivity index (χ0) is 16.9. The van der Waals surface area contributed by atoms with Gasteiger partial charge in [-0.25, -0.2) is 0 Å². The number of amides is 1. The summed E-state index contributed by atoms with van der Waals surface area (Å²) in [5, 5.41) is 3.48. The summed E-state index contributed by atoms with van der Waals surface area (Å²) in [5.41, 5.74) is 2.16. The fourth-order valence-corrected chi connectivity index (χ4v) is 2.92. The molecule has 0 bridgehead atoms. The van der Waals surface area contributed by atoms with Crippen molar-refractivity contribution in [1.29, 1.82) is 0 Å². The topological polar surface area (TPSA) is 48.5 Å². The Kier molecular flexibility index (Phi) is 5.33. The molecule has 0 aliphatic carbocycles. The SMILES string of the molecule is CCN1CCN(c2ccnc(C(=O)Nc3ccc(Cl)cc3)c2)CC1. The maximum absolute atomic E-state index is 12.4. The highest BCUT2D eigenvalue weighted by molar-refractivity contribution is 6.30. The molecule has 1 aliphatic rings. The molecule has 1 aromatic heterocycles. The first-order chi connectivity index (χ1) is 11.7. The number of hydrogen-bond acceptors (Lipinski definition) is 4. The summed E-state index contributed by atoms with van der Waals surface area (Å²) in [6.45, 7) is 7.29. The quantitative estimate of drug-likeness (QED) is 0.925. The van der Waals surface area contributed by atoms with E-state index in [1.165, 1.54) is 0 Å². The van der Waals surface area contributed by atoms with Crippen molar-refractivity contribution in [2.75, 3.05) is 42.9 Å². The van der Waals surface area contributed by atoms with Crippen LogP contribution in [0.15, 0.2) is 42.6 Å². The van der Waals surface area contributed by atoms with E-state index in [4.69, 9.17) is 11.6 Å². The molecule has 1 aromatic carbocycles. The van der Waals surface area contributed by atoms with Crippen molar-refractivity contribution >= 4 is 28.9 Å². The molecule has 3 rings (SSSR count). The van der Waals surface area contributed by atoms with Crippen LogP contribution in [0.4, 0.5) is 11.4 Å². The van der Waals surface area contributed by atoms with Crippen molar-refractivity contribution in [3.05, 3.63) is 53.3 Å². The Bertz CT molecular complexity index is 696. The fraction of sp³-hybridized carbons (Fsp3) is 0.333. The zero-order valence-electron chi connectivity index (χ0n) is 13.7. The third-order valence-electron chi connectivity index (χ3n) is 4.26. The van der Waals surface area contributed by atoms with Crippen LogP contribution in [0.5, 0.6) is 0 Å². The molecule has 0 radical (unpaired) electrons. The zero-order valence-corrected chi connectivity index (χ0v) is 14.5. The fourth-order valence-electron chi connectivity index (χ4n) is 2.79. The van der Waals surface area contributed by atoms with E-state index in [-0.39, 0.29) is 5.91 Å².